The van der Waals surface area contributed by atoms with Crippen LogP contribution in [0.25, 0.3) is 22.2 Å². The maximum atomic E-state index is 12.6. The van der Waals surface area contributed by atoms with E-state index in [1.165, 1.54) is 0 Å². The molecule has 2 aromatic heterocycles. The number of fused-ring (bicyclic) bond motifs is 2. The van der Waals surface area contributed by atoms with E-state index in [4.69, 9.17) is 18.6 Å². The third kappa shape index (κ3) is 3.95. The van der Waals surface area contributed by atoms with Gasteiger partial charge < -0.3 is 23.9 Å². The van der Waals surface area contributed by atoms with Crippen molar-refractivity contribution in [1.29, 1.82) is 0 Å². The second kappa shape index (κ2) is 8.77. The minimum atomic E-state index is -0.542. The summed E-state index contributed by atoms with van der Waals surface area (Å²) in [5.74, 6) is 1.11. The van der Waals surface area contributed by atoms with Gasteiger partial charge >= 0.3 is 6.09 Å². The highest BCUT2D eigenvalue weighted by molar-refractivity contribution is 6.00. The molecular weight excluding hydrogens is 436 g/mol. The summed E-state index contributed by atoms with van der Waals surface area (Å²) in [6, 6.07) is 18.8. The molecule has 2 aliphatic heterocycles. The summed E-state index contributed by atoms with van der Waals surface area (Å²) >= 11 is 0. The topological polar surface area (TPSA) is 108 Å². The number of amides is 1. The van der Waals surface area contributed by atoms with Gasteiger partial charge in [-0.15, -0.1) is 0 Å². The van der Waals surface area contributed by atoms with Gasteiger partial charge in [0, 0.05) is 11.6 Å². The highest BCUT2D eigenvalue weighted by Gasteiger charge is 2.49. The standard InChI is InChI=1S/C25H22N4O5/c30-25(29-17-8-3-6-15-5-1-2-7-16(15)17)34-21-14-33-22-19(13-32-23(21)22)28-24-26-11-10-18(27-24)20-9-4-12-31-20/h1-12,19,21-23H,13-14H2,(H,29,30)(H,26,27,28)/t19-,21-,22-,23+/m0/s1. The first kappa shape index (κ1) is 20.6. The molecule has 9 nitrogen and oxygen atoms in total. The molecule has 9 heteroatoms. The summed E-state index contributed by atoms with van der Waals surface area (Å²) in [5, 5.41) is 8.11. The summed E-state index contributed by atoms with van der Waals surface area (Å²) in [4.78, 5) is 21.4. The first-order valence-corrected chi connectivity index (χ1v) is 11.1. The second-order valence-corrected chi connectivity index (χ2v) is 8.18. The fraction of sp³-hybridized carbons (Fsp3) is 0.240. The van der Waals surface area contributed by atoms with E-state index >= 15 is 0 Å². The summed E-state index contributed by atoms with van der Waals surface area (Å²) in [7, 11) is 0. The monoisotopic (exact) mass is 458 g/mol. The average molecular weight is 458 g/mol. The zero-order chi connectivity index (χ0) is 22.9. The van der Waals surface area contributed by atoms with Crippen molar-refractivity contribution >= 4 is 28.5 Å². The molecule has 4 aromatic rings. The van der Waals surface area contributed by atoms with Crippen LogP contribution in [-0.2, 0) is 14.2 Å². The normalized spacial score (nSPS) is 23.5. The van der Waals surface area contributed by atoms with Gasteiger partial charge in [0.15, 0.2) is 11.9 Å². The minimum absolute atomic E-state index is 0.174. The number of carbonyl (C=O) groups is 1. The van der Waals surface area contributed by atoms with E-state index in [0.717, 1.165) is 10.8 Å². The molecule has 4 heterocycles. The lowest BCUT2D eigenvalue weighted by atomic mass is 10.1. The van der Waals surface area contributed by atoms with Gasteiger partial charge in [0.05, 0.1) is 31.2 Å². The van der Waals surface area contributed by atoms with Crippen LogP contribution >= 0.6 is 0 Å². The molecule has 0 aliphatic carbocycles. The zero-order valence-electron chi connectivity index (χ0n) is 18.1. The minimum Gasteiger partial charge on any atom is -0.463 e. The van der Waals surface area contributed by atoms with Crippen LogP contribution in [0, 0.1) is 0 Å². The lowest BCUT2D eigenvalue weighted by Crippen LogP contribution is -2.38. The average Bonchev–Trinajstić information content (AvgIpc) is 3.60. The van der Waals surface area contributed by atoms with Crippen molar-refractivity contribution in [3.05, 3.63) is 73.1 Å². The van der Waals surface area contributed by atoms with Gasteiger partial charge in [-0.1, -0.05) is 36.4 Å². The molecule has 4 atom stereocenters. The first-order chi connectivity index (χ1) is 16.7. The molecule has 0 saturated carbocycles. The summed E-state index contributed by atoms with van der Waals surface area (Å²) in [5.41, 5.74) is 1.37. The van der Waals surface area contributed by atoms with E-state index in [9.17, 15) is 4.79 Å². The van der Waals surface area contributed by atoms with Crippen molar-refractivity contribution in [3.8, 4) is 11.5 Å². The summed E-state index contributed by atoms with van der Waals surface area (Å²) < 4.78 is 22.9. The SMILES string of the molecule is O=C(Nc1cccc2ccccc12)O[C@H]1CO[C@@H]2[C@@H]1OC[C@@H]2Nc1nccc(-c2ccco2)n1. The van der Waals surface area contributed by atoms with Crippen molar-refractivity contribution < 1.29 is 23.4 Å². The number of ether oxygens (including phenoxy) is 3. The summed E-state index contributed by atoms with van der Waals surface area (Å²) in [6.45, 7) is 0.637. The van der Waals surface area contributed by atoms with Crippen LogP contribution < -0.4 is 10.6 Å². The van der Waals surface area contributed by atoms with Gasteiger partial charge in [0.2, 0.25) is 5.95 Å². The molecule has 0 unspecified atom stereocenters. The lowest BCUT2D eigenvalue weighted by molar-refractivity contribution is 0.00917. The Hall–Kier alpha value is -3.95. The largest absolute Gasteiger partial charge is 0.463 e. The number of nitrogens with one attached hydrogen (secondary N) is 2. The van der Waals surface area contributed by atoms with Crippen molar-refractivity contribution in [2.75, 3.05) is 23.8 Å². The van der Waals surface area contributed by atoms with E-state index in [-0.39, 0.29) is 24.9 Å². The van der Waals surface area contributed by atoms with Crippen LogP contribution in [0.5, 0.6) is 0 Å². The maximum absolute atomic E-state index is 12.6. The second-order valence-electron chi connectivity index (χ2n) is 8.18. The maximum Gasteiger partial charge on any atom is 0.412 e. The van der Waals surface area contributed by atoms with Gasteiger partial charge in [0.25, 0.3) is 0 Å². The number of nitrogens with zero attached hydrogens (tertiary/aromatic N) is 2. The number of furan rings is 1. The van der Waals surface area contributed by atoms with Crippen LogP contribution in [0.3, 0.4) is 0 Å². The molecule has 6 rings (SSSR count). The Kier molecular flexibility index (Phi) is 5.32. The first-order valence-electron chi connectivity index (χ1n) is 11.1. The molecule has 2 fully saturated rings. The van der Waals surface area contributed by atoms with E-state index < -0.39 is 12.2 Å². The number of hydrogen-bond donors (Lipinski definition) is 2. The Balaban J connectivity index is 1.09. The fourth-order valence-electron chi connectivity index (χ4n) is 4.46. The fourth-order valence-corrected chi connectivity index (χ4v) is 4.46. The van der Waals surface area contributed by atoms with Crippen LogP contribution in [0.15, 0.2) is 77.5 Å². The highest BCUT2D eigenvalue weighted by atomic mass is 16.6. The van der Waals surface area contributed by atoms with Crippen LogP contribution in [0.1, 0.15) is 0 Å². The number of hydrogen-bond acceptors (Lipinski definition) is 8. The Morgan fingerprint density at radius 2 is 1.85 bits per heavy atom. The van der Waals surface area contributed by atoms with Crippen molar-refractivity contribution in [2.45, 2.75) is 24.4 Å². The molecule has 2 saturated heterocycles. The molecule has 0 radical (unpaired) electrons. The molecule has 0 bridgehead atoms. The van der Waals surface area contributed by atoms with Crippen LogP contribution in [0.2, 0.25) is 0 Å². The molecule has 34 heavy (non-hydrogen) atoms. The number of rotatable bonds is 5. The van der Waals surface area contributed by atoms with Gasteiger partial charge in [-0.05, 0) is 29.7 Å². The predicted molar refractivity (Wildman–Crippen MR) is 124 cm³/mol. The molecule has 1 amide bonds. The van der Waals surface area contributed by atoms with Crippen molar-refractivity contribution in [3.63, 3.8) is 0 Å². The van der Waals surface area contributed by atoms with Crippen LogP contribution in [-0.4, -0.2) is 53.6 Å². The van der Waals surface area contributed by atoms with Crippen LogP contribution in [0.4, 0.5) is 16.4 Å². The Morgan fingerprint density at radius 1 is 0.971 bits per heavy atom. The number of carbonyl (C=O) groups excluding carboxylic acids is 1. The number of anilines is 2. The van der Waals surface area contributed by atoms with Gasteiger partial charge in [-0.3, -0.25) is 5.32 Å². The predicted octanol–water partition coefficient (Wildman–Crippen LogP) is 4.09. The molecule has 2 aromatic carbocycles. The van der Waals surface area contributed by atoms with E-state index in [1.807, 2.05) is 54.6 Å². The lowest BCUT2D eigenvalue weighted by Gasteiger charge is -2.18. The van der Waals surface area contributed by atoms with Crippen molar-refractivity contribution in [1.82, 2.24) is 9.97 Å². The van der Waals surface area contributed by atoms with Gasteiger partial charge in [0.1, 0.15) is 17.9 Å². The molecule has 2 N–H and O–H groups in total. The van der Waals surface area contributed by atoms with E-state index in [1.54, 1.807) is 18.5 Å². The van der Waals surface area contributed by atoms with Crippen molar-refractivity contribution in [2.24, 2.45) is 0 Å². The Bertz CT molecular complexity index is 1310. The van der Waals surface area contributed by atoms with E-state index in [2.05, 4.69) is 20.6 Å². The molecule has 0 spiro atoms. The van der Waals surface area contributed by atoms with Gasteiger partial charge in [-0.2, -0.15) is 0 Å². The van der Waals surface area contributed by atoms with E-state index in [0.29, 0.717) is 29.7 Å². The smallest absolute Gasteiger partial charge is 0.412 e. The number of benzene rings is 2. The molecule has 172 valence electrons. The quantitative estimate of drug-likeness (QED) is 0.461. The third-order valence-electron chi connectivity index (χ3n) is 6.04. The summed E-state index contributed by atoms with van der Waals surface area (Å²) in [6.07, 6.45) is 1.56. The zero-order valence-corrected chi connectivity index (χ0v) is 18.1. The third-order valence-corrected chi connectivity index (χ3v) is 6.04. The number of aromatic nitrogens is 2. The Labute approximate surface area is 195 Å². The van der Waals surface area contributed by atoms with Gasteiger partial charge in [-0.25, -0.2) is 14.8 Å². The molecule has 2 aliphatic rings. The molecular formula is C25H22N4O5. The highest BCUT2D eigenvalue weighted by Crippen LogP contribution is 2.31. The Morgan fingerprint density at radius 3 is 2.76 bits per heavy atom.